The number of aliphatic hydroxyl groups is 1. The van der Waals surface area contributed by atoms with E-state index in [-0.39, 0.29) is 24.0 Å². The van der Waals surface area contributed by atoms with E-state index in [4.69, 9.17) is 0 Å². The van der Waals surface area contributed by atoms with Gasteiger partial charge < -0.3 is 20.6 Å². The first-order valence-electron chi connectivity index (χ1n) is 11.9. The molecule has 176 valence electrons. The van der Waals surface area contributed by atoms with Crippen molar-refractivity contribution in [2.75, 3.05) is 45.8 Å². The molecule has 0 aromatic heterocycles. The Balaban J connectivity index is 0.00000341. The van der Waals surface area contributed by atoms with Crippen molar-refractivity contribution < 1.29 is 5.11 Å². The van der Waals surface area contributed by atoms with Gasteiger partial charge in [-0.05, 0) is 57.2 Å². The number of nitrogens with one attached hydrogen (secondary N) is 2. The number of hydrogen-bond acceptors (Lipinski definition) is 4. The third-order valence-corrected chi connectivity index (χ3v) is 6.34. The molecular formula is C24H42IN5O. The maximum absolute atomic E-state index is 10.5. The first-order valence-corrected chi connectivity index (χ1v) is 11.9. The van der Waals surface area contributed by atoms with E-state index in [0.29, 0.717) is 13.1 Å². The zero-order valence-corrected chi connectivity index (χ0v) is 21.7. The Morgan fingerprint density at radius 3 is 2.77 bits per heavy atom. The molecule has 0 radical (unpaired) electrons. The van der Waals surface area contributed by atoms with Gasteiger partial charge in [0.25, 0.3) is 0 Å². The quantitative estimate of drug-likeness (QED) is 0.194. The third-order valence-electron chi connectivity index (χ3n) is 6.34. The van der Waals surface area contributed by atoms with Crippen molar-refractivity contribution in [2.24, 2.45) is 4.99 Å². The van der Waals surface area contributed by atoms with Crippen LogP contribution in [-0.2, 0) is 13.0 Å². The molecule has 6 nitrogen and oxygen atoms in total. The Morgan fingerprint density at radius 2 is 2.00 bits per heavy atom. The van der Waals surface area contributed by atoms with Crippen LogP contribution in [0.25, 0.3) is 0 Å². The Kier molecular flexibility index (Phi) is 12.1. The SMILES string of the molecule is CCNC(=NCC(O)CN1CCc2ccccc2C1)NCCCN1CCCCC1C.I. The molecule has 31 heavy (non-hydrogen) atoms. The van der Waals surface area contributed by atoms with Crippen LogP contribution in [0.3, 0.4) is 0 Å². The molecule has 0 amide bonds. The van der Waals surface area contributed by atoms with Crippen molar-refractivity contribution in [1.29, 1.82) is 0 Å². The van der Waals surface area contributed by atoms with Crippen LogP contribution in [0.15, 0.2) is 29.3 Å². The lowest BCUT2D eigenvalue weighted by atomic mass is 10.00. The molecule has 7 heteroatoms. The van der Waals surface area contributed by atoms with Crippen LogP contribution in [0.5, 0.6) is 0 Å². The average Bonchev–Trinajstić information content (AvgIpc) is 2.76. The number of piperidine rings is 1. The lowest BCUT2D eigenvalue weighted by Crippen LogP contribution is -2.42. The molecule has 2 aliphatic rings. The number of nitrogens with zero attached hydrogens (tertiary/aromatic N) is 3. The summed E-state index contributed by atoms with van der Waals surface area (Å²) in [6, 6.07) is 9.35. The zero-order chi connectivity index (χ0) is 21.2. The highest BCUT2D eigenvalue weighted by molar-refractivity contribution is 14.0. The number of likely N-dealkylation sites (tertiary alicyclic amines) is 1. The summed E-state index contributed by atoms with van der Waals surface area (Å²) in [4.78, 5) is 9.57. The van der Waals surface area contributed by atoms with Gasteiger partial charge in [-0.25, -0.2) is 0 Å². The molecule has 2 heterocycles. The number of halogens is 1. The zero-order valence-electron chi connectivity index (χ0n) is 19.4. The molecule has 0 bridgehead atoms. The monoisotopic (exact) mass is 543 g/mol. The van der Waals surface area contributed by atoms with Gasteiger partial charge in [-0.1, -0.05) is 30.7 Å². The van der Waals surface area contributed by atoms with E-state index in [1.54, 1.807) is 0 Å². The Morgan fingerprint density at radius 1 is 1.19 bits per heavy atom. The molecule has 3 N–H and O–H groups in total. The fourth-order valence-electron chi connectivity index (χ4n) is 4.58. The van der Waals surface area contributed by atoms with Crippen molar-refractivity contribution >= 4 is 29.9 Å². The number of guanidine groups is 1. The molecule has 2 atom stereocenters. The second kappa shape index (κ2) is 14.3. The van der Waals surface area contributed by atoms with E-state index in [9.17, 15) is 5.11 Å². The molecule has 2 aliphatic heterocycles. The van der Waals surface area contributed by atoms with E-state index >= 15 is 0 Å². The molecule has 0 aliphatic carbocycles. The fraction of sp³-hybridized carbons (Fsp3) is 0.708. The average molecular weight is 544 g/mol. The number of β-amino-alcohol motifs (C(OH)–C–C–N with tert-alkyl or cyclic N) is 1. The van der Waals surface area contributed by atoms with Gasteiger partial charge in [-0.2, -0.15) is 0 Å². The highest BCUT2D eigenvalue weighted by Crippen LogP contribution is 2.18. The predicted molar refractivity (Wildman–Crippen MR) is 140 cm³/mol. The highest BCUT2D eigenvalue weighted by atomic mass is 127. The van der Waals surface area contributed by atoms with Gasteiger partial charge >= 0.3 is 0 Å². The molecule has 1 aromatic rings. The Bertz CT molecular complexity index is 671. The number of fused-ring (bicyclic) bond motifs is 1. The molecule has 0 spiro atoms. The number of rotatable bonds is 9. The van der Waals surface area contributed by atoms with Gasteiger partial charge in [0.05, 0.1) is 12.6 Å². The molecule has 1 fully saturated rings. The number of aliphatic imine (C=N–C) groups is 1. The predicted octanol–water partition coefficient (Wildman–Crippen LogP) is 2.84. The smallest absolute Gasteiger partial charge is 0.191 e. The molecule has 1 saturated heterocycles. The van der Waals surface area contributed by atoms with Crippen molar-refractivity contribution in [3.8, 4) is 0 Å². The summed E-state index contributed by atoms with van der Waals surface area (Å²) in [5.41, 5.74) is 2.83. The number of benzene rings is 1. The van der Waals surface area contributed by atoms with Crippen molar-refractivity contribution in [3.05, 3.63) is 35.4 Å². The van der Waals surface area contributed by atoms with E-state index in [1.807, 2.05) is 0 Å². The first-order chi connectivity index (χ1) is 14.7. The second-order valence-electron chi connectivity index (χ2n) is 8.79. The third kappa shape index (κ3) is 8.86. The lowest BCUT2D eigenvalue weighted by molar-refractivity contribution is 0.111. The van der Waals surface area contributed by atoms with Gasteiger partial charge in [0.1, 0.15) is 0 Å². The summed E-state index contributed by atoms with van der Waals surface area (Å²) >= 11 is 0. The fourth-order valence-corrected chi connectivity index (χ4v) is 4.58. The maximum atomic E-state index is 10.5. The van der Waals surface area contributed by atoms with E-state index in [0.717, 1.165) is 57.6 Å². The molecule has 3 rings (SSSR count). The van der Waals surface area contributed by atoms with Crippen LogP contribution in [0.2, 0.25) is 0 Å². The van der Waals surface area contributed by atoms with E-state index in [1.165, 1.54) is 36.9 Å². The largest absolute Gasteiger partial charge is 0.390 e. The first kappa shape index (κ1) is 26.4. The minimum absolute atomic E-state index is 0. The standard InChI is InChI=1S/C24H41N5O.HI/c1-3-25-24(26-13-8-15-29-14-7-6-9-20(29)2)27-17-23(30)19-28-16-12-21-10-4-5-11-22(21)18-28;/h4-5,10-11,20,23,30H,3,6-9,12-19H2,1-2H3,(H2,25,26,27);1H. The van der Waals surface area contributed by atoms with Gasteiger partial charge in [0, 0.05) is 45.3 Å². The van der Waals surface area contributed by atoms with Crippen LogP contribution in [0.4, 0.5) is 0 Å². The van der Waals surface area contributed by atoms with Gasteiger partial charge in [-0.15, -0.1) is 24.0 Å². The van der Waals surface area contributed by atoms with Crippen LogP contribution in [0, 0.1) is 0 Å². The van der Waals surface area contributed by atoms with Gasteiger partial charge in [-0.3, -0.25) is 9.89 Å². The van der Waals surface area contributed by atoms with Crippen molar-refractivity contribution in [1.82, 2.24) is 20.4 Å². The summed E-state index contributed by atoms with van der Waals surface area (Å²) < 4.78 is 0. The summed E-state index contributed by atoms with van der Waals surface area (Å²) in [6.45, 7) is 11.6. The summed E-state index contributed by atoms with van der Waals surface area (Å²) in [7, 11) is 0. The van der Waals surface area contributed by atoms with Crippen LogP contribution in [0.1, 0.15) is 50.7 Å². The summed E-state index contributed by atoms with van der Waals surface area (Å²) in [5, 5.41) is 17.3. The van der Waals surface area contributed by atoms with E-state index in [2.05, 4.69) is 63.5 Å². The Hall–Kier alpha value is -0.900. The maximum Gasteiger partial charge on any atom is 0.191 e. The lowest BCUT2D eigenvalue weighted by Gasteiger charge is -2.33. The molecule has 0 saturated carbocycles. The minimum Gasteiger partial charge on any atom is -0.390 e. The second-order valence-corrected chi connectivity index (χ2v) is 8.79. The Labute approximate surface area is 205 Å². The summed E-state index contributed by atoms with van der Waals surface area (Å²) in [6.07, 6.45) is 5.77. The van der Waals surface area contributed by atoms with Crippen LogP contribution in [-0.4, -0.2) is 78.8 Å². The van der Waals surface area contributed by atoms with Gasteiger partial charge in [0.2, 0.25) is 0 Å². The topological polar surface area (TPSA) is 63.1 Å². The van der Waals surface area contributed by atoms with Crippen LogP contribution >= 0.6 is 24.0 Å². The number of aliphatic hydroxyl groups excluding tert-OH is 1. The summed E-state index contributed by atoms with van der Waals surface area (Å²) in [5.74, 6) is 0.812. The van der Waals surface area contributed by atoms with Gasteiger partial charge in [0.15, 0.2) is 5.96 Å². The normalized spacial score (nSPS) is 21.1. The molecular weight excluding hydrogens is 501 g/mol. The number of hydrogen-bond donors (Lipinski definition) is 3. The van der Waals surface area contributed by atoms with Crippen molar-refractivity contribution in [3.63, 3.8) is 0 Å². The molecule has 2 unspecified atom stereocenters. The van der Waals surface area contributed by atoms with E-state index < -0.39 is 6.10 Å². The molecule has 1 aromatic carbocycles. The van der Waals surface area contributed by atoms with Crippen LogP contribution < -0.4 is 10.6 Å². The minimum atomic E-state index is -0.445. The van der Waals surface area contributed by atoms with Crippen molar-refractivity contribution in [2.45, 2.75) is 64.6 Å². The highest BCUT2D eigenvalue weighted by Gasteiger charge is 2.19.